The van der Waals surface area contributed by atoms with Crippen molar-refractivity contribution in [3.63, 3.8) is 0 Å². The summed E-state index contributed by atoms with van der Waals surface area (Å²) >= 11 is 0. The fourth-order valence-electron chi connectivity index (χ4n) is 1.97. The molecule has 1 N–H and O–H groups in total. The number of nitrogens with zero attached hydrogens (tertiary/aromatic N) is 3. The van der Waals surface area contributed by atoms with E-state index >= 15 is 0 Å². The van der Waals surface area contributed by atoms with Gasteiger partial charge in [0.25, 0.3) is 0 Å². The summed E-state index contributed by atoms with van der Waals surface area (Å²) < 4.78 is 25.5. The number of nitro groups is 1. The molecule has 0 bridgehead atoms. The van der Waals surface area contributed by atoms with E-state index in [1.165, 1.54) is 6.92 Å². The second kappa shape index (κ2) is 5.37. The monoisotopic (exact) mass is 315 g/mol. The van der Waals surface area contributed by atoms with Crippen LogP contribution >= 0.6 is 0 Å². The molecule has 10 heteroatoms. The molecule has 9 nitrogen and oxygen atoms in total. The summed E-state index contributed by atoms with van der Waals surface area (Å²) in [6.45, 7) is 1.77. The number of hydrogen-bond donors (Lipinski definition) is 1. The first-order chi connectivity index (χ1) is 9.73. The van der Waals surface area contributed by atoms with E-state index in [4.69, 9.17) is 5.11 Å². The average Bonchev–Trinajstić information content (AvgIpc) is 2.36. The van der Waals surface area contributed by atoms with Crippen LogP contribution in [0.3, 0.4) is 0 Å². The maximum absolute atomic E-state index is 12.2. The summed E-state index contributed by atoms with van der Waals surface area (Å²) in [6, 6.07) is 2.14. The predicted molar refractivity (Wildman–Crippen MR) is 69.9 cm³/mol. The van der Waals surface area contributed by atoms with Crippen LogP contribution in [0.1, 0.15) is 6.92 Å². The van der Waals surface area contributed by atoms with Gasteiger partial charge in [0.2, 0.25) is 10.0 Å². The van der Waals surface area contributed by atoms with Crippen molar-refractivity contribution >= 4 is 21.8 Å². The zero-order valence-electron chi connectivity index (χ0n) is 11.0. The lowest BCUT2D eigenvalue weighted by Gasteiger charge is -2.39. The lowest BCUT2D eigenvalue weighted by atomic mass is 9.89. The maximum Gasteiger partial charge on any atom is 0.363 e. The Hall–Kier alpha value is -2.07. The van der Waals surface area contributed by atoms with Crippen molar-refractivity contribution in [3.05, 3.63) is 28.4 Å². The molecule has 114 valence electrons. The van der Waals surface area contributed by atoms with Crippen LogP contribution in [0.25, 0.3) is 0 Å². The first-order valence-electron chi connectivity index (χ1n) is 6.07. The number of aliphatic carboxylic acids is 1. The van der Waals surface area contributed by atoms with Gasteiger partial charge in [0, 0.05) is 19.2 Å². The molecule has 1 atom stereocenters. The van der Waals surface area contributed by atoms with Gasteiger partial charge >= 0.3 is 11.8 Å². The zero-order valence-corrected chi connectivity index (χ0v) is 11.9. The number of sulfonamides is 1. The Balaban J connectivity index is 2.10. The van der Waals surface area contributed by atoms with Gasteiger partial charge in [-0.05, 0) is 21.9 Å². The Morgan fingerprint density at radius 3 is 2.57 bits per heavy atom. The van der Waals surface area contributed by atoms with Gasteiger partial charge in [0.15, 0.2) is 6.20 Å². The van der Waals surface area contributed by atoms with E-state index < -0.39 is 32.7 Å². The van der Waals surface area contributed by atoms with Gasteiger partial charge in [0.05, 0.1) is 5.92 Å². The Morgan fingerprint density at radius 1 is 1.52 bits per heavy atom. The summed E-state index contributed by atoms with van der Waals surface area (Å²) in [4.78, 5) is 23.9. The molecule has 1 fully saturated rings. The Morgan fingerprint density at radius 2 is 2.14 bits per heavy atom. The number of carbonyl (C=O) groups is 1. The summed E-state index contributed by atoms with van der Waals surface area (Å²) in [5, 5.41) is 19.3. The van der Waals surface area contributed by atoms with E-state index in [2.05, 4.69) is 4.98 Å². The molecule has 1 aromatic rings. The van der Waals surface area contributed by atoms with Crippen LogP contribution in [0, 0.1) is 22.0 Å². The van der Waals surface area contributed by atoms with Gasteiger partial charge in [-0.3, -0.25) is 4.79 Å². The number of pyridine rings is 1. The van der Waals surface area contributed by atoms with Crippen molar-refractivity contribution in [1.29, 1.82) is 0 Å². The van der Waals surface area contributed by atoms with Crippen molar-refractivity contribution in [1.82, 2.24) is 9.29 Å². The smallest absolute Gasteiger partial charge is 0.363 e. The first-order valence-corrected chi connectivity index (χ1v) is 7.51. The molecule has 0 aromatic carbocycles. The average molecular weight is 315 g/mol. The molecule has 0 radical (unpaired) electrons. The minimum Gasteiger partial charge on any atom is -0.481 e. The van der Waals surface area contributed by atoms with Gasteiger partial charge in [0.1, 0.15) is 4.90 Å². The van der Waals surface area contributed by atoms with E-state index in [0.29, 0.717) is 0 Å². The minimum atomic E-state index is -3.78. The molecular formula is C11H13N3O6S. The predicted octanol–water partition coefficient (Wildman–Crippen LogP) is 0.331. The minimum absolute atomic E-state index is 0.118. The SMILES string of the molecule is CC(C(=O)O)C1CN(S(=O)(=O)c2ccc([N+](=O)[O-])nc2)C1. The summed E-state index contributed by atoms with van der Waals surface area (Å²) in [7, 11) is -3.78. The molecular weight excluding hydrogens is 302 g/mol. The molecule has 0 aliphatic carbocycles. The van der Waals surface area contributed by atoms with E-state index in [0.717, 1.165) is 22.6 Å². The quantitative estimate of drug-likeness (QED) is 0.612. The number of carboxylic acids is 1. The van der Waals surface area contributed by atoms with E-state index in [-0.39, 0.29) is 23.9 Å². The lowest BCUT2D eigenvalue weighted by Crippen LogP contribution is -2.53. The lowest BCUT2D eigenvalue weighted by molar-refractivity contribution is -0.389. The van der Waals surface area contributed by atoms with E-state index in [9.17, 15) is 23.3 Å². The number of hydrogen-bond acceptors (Lipinski definition) is 6. The Bertz CT molecular complexity index is 666. The molecule has 1 saturated heterocycles. The molecule has 0 saturated carbocycles. The topological polar surface area (TPSA) is 131 Å². The molecule has 1 aliphatic heterocycles. The molecule has 1 aromatic heterocycles. The van der Waals surface area contributed by atoms with Crippen LogP contribution in [0.15, 0.2) is 23.2 Å². The maximum atomic E-state index is 12.2. The first kappa shape index (κ1) is 15.3. The van der Waals surface area contributed by atoms with Gasteiger partial charge in [-0.1, -0.05) is 6.92 Å². The molecule has 0 amide bonds. The van der Waals surface area contributed by atoms with Gasteiger partial charge in [-0.25, -0.2) is 8.42 Å². The van der Waals surface area contributed by atoms with Crippen molar-refractivity contribution in [2.45, 2.75) is 11.8 Å². The normalized spacial score (nSPS) is 18.0. The number of rotatable bonds is 5. The molecule has 1 unspecified atom stereocenters. The number of carboxylic acid groups (broad SMARTS) is 1. The van der Waals surface area contributed by atoms with Crippen LogP contribution in [-0.2, 0) is 14.8 Å². The third-order valence-corrected chi connectivity index (χ3v) is 5.33. The Labute approximate surface area is 120 Å². The fourth-order valence-corrected chi connectivity index (χ4v) is 3.47. The highest BCUT2D eigenvalue weighted by atomic mass is 32.2. The van der Waals surface area contributed by atoms with Crippen molar-refractivity contribution < 1.29 is 23.2 Å². The van der Waals surface area contributed by atoms with Crippen molar-refractivity contribution in [3.8, 4) is 0 Å². The molecule has 21 heavy (non-hydrogen) atoms. The van der Waals surface area contributed by atoms with Crippen molar-refractivity contribution in [2.24, 2.45) is 11.8 Å². The van der Waals surface area contributed by atoms with E-state index in [1.54, 1.807) is 0 Å². The van der Waals surface area contributed by atoms with Crippen molar-refractivity contribution in [2.75, 3.05) is 13.1 Å². The second-order valence-corrected chi connectivity index (χ2v) is 6.76. The standard InChI is InChI=1S/C11H13N3O6S/c1-7(11(15)16)8-5-13(6-8)21(19,20)9-2-3-10(12-4-9)14(17)18/h2-4,7-8H,5-6H2,1H3,(H,15,16). The third kappa shape index (κ3) is 2.85. The molecule has 2 rings (SSSR count). The highest BCUT2D eigenvalue weighted by molar-refractivity contribution is 7.89. The summed E-state index contributed by atoms with van der Waals surface area (Å²) in [6.07, 6.45) is 0.932. The molecule has 2 heterocycles. The molecule has 1 aliphatic rings. The zero-order chi connectivity index (χ0) is 15.8. The Kier molecular flexibility index (Phi) is 3.92. The van der Waals surface area contributed by atoms with Gasteiger partial charge in [-0.15, -0.1) is 0 Å². The highest BCUT2D eigenvalue weighted by Crippen LogP contribution is 2.29. The summed E-state index contributed by atoms with van der Waals surface area (Å²) in [5.41, 5.74) is 0. The van der Waals surface area contributed by atoms with Crippen LogP contribution < -0.4 is 0 Å². The second-order valence-electron chi connectivity index (χ2n) is 4.82. The molecule has 0 spiro atoms. The van der Waals surface area contributed by atoms with Crippen LogP contribution in [0.2, 0.25) is 0 Å². The van der Waals surface area contributed by atoms with Gasteiger partial charge in [-0.2, -0.15) is 4.31 Å². The third-order valence-electron chi connectivity index (χ3n) is 3.52. The van der Waals surface area contributed by atoms with Crippen LogP contribution in [0.5, 0.6) is 0 Å². The summed E-state index contributed by atoms with van der Waals surface area (Å²) in [5.74, 6) is -2.25. The van der Waals surface area contributed by atoms with Gasteiger partial charge < -0.3 is 15.2 Å². The van der Waals surface area contributed by atoms with Crippen LogP contribution in [0.4, 0.5) is 5.82 Å². The largest absolute Gasteiger partial charge is 0.481 e. The van der Waals surface area contributed by atoms with Crippen LogP contribution in [-0.4, -0.2) is 46.8 Å². The van der Waals surface area contributed by atoms with E-state index in [1.807, 2.05) is 0 Å². The fraction of sp³-hybridized carbons (Fsp3) is 0.455. The highest BCUT2D eigenvalue weighted by Gasteiger charge is 2.41. The number of aromatic nitrogens is 1.